The SMILES string of the molecule is CC(C)[C@H]1CN(c2ccc(C(F)(F)F)nc2)C(=O)N1CC(=O)Cc1cnc2ccccc2c1. The molecule has 1 fully saturated rings. The molecule has 1 aliphatic heterocycles. The molecule has 0 radical (unpaired) electrons. The van der Waals surface area contributed by atoms with Crippen LogP contribution in [0.25, 0.3) is 10.9 Å². The van der Waals surface area contributed by atoms with Gasteiger partial charge in [-0.1, -0.05) is 32.0 Å². The van der Waals surface area contributed by atoms with E-state index in [0.29, 0.717) is 0 Å². The van der Waals surface area contributed by atoms with Gasteiger partial charge in [0.2, 0.25) is 0 Å². The number of carbonyl (C=O) groups is 2. The van der Waals surface area contributed by atoms with Crippen LogP contribution in [0.4, 0.5) is 23.7 Å². The Morgan fingerprint density at radius 3 is 2.55 bits per heavy atom. The average Bonchev–Trinajstić information content (AvgIpc) is 3.09. The van der Waals surface area contributed by atoms with Gasteiger partial charge in [0, 0.05) is 24.5 Å². The van der Waals surface area contributed by atoms with E-state index in [2.05, 4.69) is 9.97 Å². The van der Waals surface area contributed by atoms with Gasteiger partial charge in [0.05, 0.1) is 30.0 Å². The number of pyridine rings is 2. The highest BCUT2D eigenvalue weighted by Gasteiger charge is 2.41. The van der Waals surface area contributed by atoms with Crippen LogP contribution in [0.1, 0.15) is 25.1 Å². The van der Waals surface area contributed by atoms with Gasteiger partial charge in [-0.15, -0.1) is 0 Å². The van der Waals surface area contributed by atoms with Gasteiger partial charge >= 0.3 is 12.2 Å². The summed E-state index contributed by atoms with van der Waals surface area (Å²) in [4.78, 5) is 36.6. The molecule has 2 amide bonds. The standard InChI is InChI=1S/C24H23F3N4O2/c1-15(2)21-14-30(18-7-8-22(29-12-18)24(25,26)27)23(33)31(21)13-19(32)10-16-9-17-5-3-4-6-20(17)28-11-16/h3-9,11-12,15,21H,10,13-14H2,1-2H3/t21-/m1/s1. The van der Waals surface area contributed by atoms with E-state index in [0.717, 1.165) is 28.7 Å². The first-order valence-corrected chi connectivity index (χ1v) is 10.6. The topological polar surface area (TPSA) is 66.4 Å². The number of hydrogen-bond donors (Lipinski definition) is 0. The zero-order chi connectivity index (χ0) is 23.8. The normalized spacial score (nSPS) is 16.8. The molecule has 33 heavy (non-hydrogen) atoms. The minimum Gasteiger partial charge on any atom is -0.312 e. The minimum absolute atomic E-state index is 0.0523. The largest absolute Gasteiger partial charge is 0.433 e. The van der Waals surface area contributed by atoms with Crippen molar-refractivity contribution in [1.82, 2.24) is 14.9 Å². The van der Waals surface area contributed by atoms with E-state index in [-0.39, 0.29) is 42.9 Å². The first-order chi connectivity index (χ1) is 15.6. The van der Waals surface area contributed by atoms with Crippen LogP contribution in [0.5, 0.6) is 0 Å². The van der Waals surface area contributed by atoms with Crippen molar-refractivity contribution in [3.05, 3.63) is 66.1 Å². The molecule has 1 atom stereocenters. The van der Waals surface area contributed by atoms with Crippen LogP contribution in [0.2, 0.25) is 0 Å². The first-order valence-electron chi connectivity index (χ1n) is 10.6. The molecule has 2 aromatic heterocycles. The van der Waals surface area contributed by atoms with Gasteiger partial charge in [0.25, 0.3) is 0 Å². The van der Waals surface area contributed by atoms with Crippen molar-refractivity contribution in [1.29, 1.82) is 0 Å². The van der Waals surface area contributed by atoms with Crippen molar-refractivity contribution in [3.63, 3.8) is 0 Å². The number of carbonyl (C=O) groups excluding carboxylic acids is 2. The predicted molar refractivity (Wildman–Crippen MR) is 118 cm³/mol. The number of aromatic nitrogens is 2. The molecule has 1 saturated heterocycles. The summed E-state index contributed by atoms with van der Waals surface area (Å²) in [6.45, 7) is 4.07. The number of anilines is 1. The van der Waals surface area contributed by atoms with E-state index in [4.69, 9.17) is 0 Å². The molecule has 1 aromatic carbocycles. The molecular weight excluding hydrogens is 433 g/mol. The maximum absolute atomic E-state index is 13.1. The van der Waals surface area contributed by atoms with E-state index in [9.17, 15) is 22.8 Å². The maximum Gasteiger partial charge on any atom is 0.433 e. The number of hydrogen-bond acceptors (Lipinski definition) is 4. The van der Waals surface area contributed by atoms with Crippen LogP contribution >= 0.6 is 0 Å². The third-order valence-corrected chi connectivity index (χ3v) is 5.76. The van der Waals surface area contributed by atoms with Crippen molar-refractivity contribution in [2.75, 3.05) is 18.0 Å². The van der Waals surface area contributed by atoms with Crippen molar-refractivity contribution in [3.8, 4) is 0 Å². The third kappa shape index (κ3) is 4.81. The lowest BCUT2D eigenvalue weighted by Gasteiger charge is -2.25. The Morgan fingerprint density at radius 1 is 1.12 bits per heavy atom. The highest BCUT2D eigenvalue weighted by molar-refractivity contribution is 5.97. The molecule has 172 valence electrons. The fourth-order valence-electron chi connectivity index (χ4n) is 4.03. The maximum atomic E-state index is 13.1. The Balaban J connectivity index is 1.49. The van der Waals surface area contributed by atoms with Crippen molar-refractivity contribution >= 4 is 28.4 Å². The van der Waals surface area contributed by atoms with E-state index >= 15 is 0 Å². The number of Topliss-reactive ketones (excluding diaryl/α,β-unsaturated/α-hetero) is 1. The zero-order valence-electron chi connectivity index (χ0n) is 18.2. The smallest absolute Gasteiger partial charge is 0.312 e. The Hall–Kier alpha value is -3.49. The number of fused-ring (bicyclic) bond motifs is 1. The molecule has 0 saturated carbocycles. The summed E-state index contributed by atoms with van der Waals surface area (Å²) in [5.74, 6) is -0.0880. The molecule has 0 unspecified atom stereocenters. The van der Waals surface area contributed by atoms with Crippen molar-refractivity contribution in [2.24, 2.45) is 5.92 Å². The summed E-state index contributed by atoms with van der Waals surface area (Å²) in [6.07, 6.45) is -1.71. The molecule has 0 aliphatic carbocycles. The van der Waals surface area contributed by atoms with Gasteiger partial charge < -0.3 is 4.90 Å². The summed E-state index contributed by atoms with van der Waals surface area (Å²) in [5.41, 5.74) is 0.848. The monoisotopic (exact) mass is 456 g/mol. The van der Waals surface area contributed by atoms with Gasteiger partial charge in [0.15, 0.2) is 5.78 Å². The molecule has 3 aromatic rings. The first kappa shape index (κ1) is 22.7. The summed E-state index contributed by atoms with van der Waals surface area (Å²) in [7, 11) is 0. The summed E-state index contributed by atoms with van der Waals surface area (Å²) >= 11 is 0. The quantitative estimate of drug-likeness (QED) is 0.538. The molecule has 4 rings (SSSR count). The summed E-state index contributed by atoms with van der Waals surface area (Å²) in [6, 6.07) is 10.9. The Morgan fingerprint density at radius 2 is 1.88 bits per heavy atom. The van der Waals surface area contributed by atoms with E-state index in [1.807, 2.05) is 44.2 Å². The third-order valence-electron chi connectivity index (χ3n) is 5.76. The second-order valence-electron chi connectivity index (χ2n) is 8.48. The van der Waals surface area contributed by atoms with Gasteiger partial charge in [-0.25, -0.2) is 9.78 Å². The van der Waals surface area contributed by atoms with Crippen LogP contribution in [0.15, 0.2) is 54.9 Å². The average molecular weight is 456 g/mol. The Labute approximate surface area is 189 Å². The molecule has 3 heterocycles. The molecule has 0 bridgehead atoms. The molecule has 1 aliphatic rings. The number of nitrogens with zero attached hydrogens (tertiary/aromatic N) is 4. The van der Waals surface area contributed by atoms with Gasteiger partial charge in [-0.05, 0) is 35.7 Å². The number of rotatable bonds is 6. The molecule has 9 heteroatoms. The fraction of sp³-hybridized carbons (Fsp3) is 0.333. The molecule has 0 N–H and O–H groups in total. The number of halogens is 3. The summed E-state index contributed by atoms with van der Waals surface area (Å²) in [5, 5.41) is 0.932. The van der Waals surface area contributed by atoms with Gasteiger partial charge in [-0.3, -0.25) is 14.7 Å². The van der Waals surface area contributed by atoms with Crippen LogP contribution in [0.3, 0.4) is 0 Å². The van der Waals surface area contributed by atoms with E-state index in [1.54, 1.807) is 6.20 Å². The predicted octanol–water partition coefficient (Wildman–Crippen LogP) is 4.73. The van der Waals surface area contributed by atoms with Crippen LogP contribution in [-0.4, -0.2) is 45.8 Å². The summed E-state index contributed by atoms with van der Waals surface area (Å²) < 4.78 is 38.5. The zero-order valence-corrected chi connectivity index (χ0v) is 18.2. The van der Waals surface area contributed by atoms with Crippen LogP contribution < -0.4 is 4.90 Å². The van der Waals surface area contributed by atoms with E-state index in [1.165, 1.54) is 15.9 Å². The lowest BCUT2D eigenvalue weighted by Crippen LogP contribution is -2.41. The molecule has 6 nitrogen and oxygen atoms in total. The number of benzene rings is 1. The fourth-order valence-corrected chi connectivity index (χ4v) is 4.03. The highest BCUT2D eigenvalue weighted by Crippen LogP contribution is 2.31. The van der Waals surface area contributed by atoms with Gasteiger partial charge in [-0.2, -0.15) is 13.2 Å². The van der Waals surface area contributed by atoms with Crippen LogP contribution in [0, 0.1) is 5.92 Å². The van der Waals surface area contributed by atoms with Crippen molar-refractivity contribution < 1.29 is 22.8 Å². The minimum atomic E-state index is -4.55. The molecular formula is C24H23F3N4O2. The number of ketones is 1. The number of amides is 2. The number of alkyl halides is 3. The second kappa shape index (κ2) is 8.80. The molecule has 0 spiro atoms. The van der Waals surface area contributed by atoms with Gasteiger partial charge in [0.1, 0.15) is 5.69 Å². The lowest BCUT2D eigenvalue weighted by molar-refractivity contribution is -0.141. The lowest BCUT2D eigenvalue weighted by atomic mass is 10.0. The van der Waals surface area contributed by atoms with Crippen molar-refractivity contribution in [2.45, 2.75) is 32.5 Å². The van der Waals surface area contributed by atoms with E-state index < -0.39 is 17.9 Å². The number of para-hydroxylation sites is 1. The Kier molecular flexibility index (Phi) is 6.05. The second-order valence-corrected chi connectivity index (χ2v) is 8.48. The highest BCUT2D eigenvalue weighted by atomic mass is 19.4. The Bertz CT molecular complexity index is 1180. The van der Waals surface area contributed by atoms with Crippen LogP contribution in [-0.2, 0) is 17.4 Å². The number of urea groups is 1.